The molecule has 0 bridgehead atoms. The molecule has 0 aliphatic carbocycles. The van der Waals surface area contributed by atoms with E-state index in [0.29, 0.717) is 0 Å². The third-order valence-corrected chi connectivity index (χ3v) is 1.39. The molecule has 0 unspecified atom stereocenters. The number of carboxylic acid groups (broad SMARTS) is 2. The van der Waals surface area contributed by atoms with Crippen LogP contribution >= 0.6 is 0 Å². The molecule has 0 radical (unpaired) electrons. The van der Waals surface area contributed by atoms with E-state index in [1.165, 1.54) is 24.3 Å². The fourth-order valence-electron chi connectivity index (χ4n) is 0.856. The van der Waals surface area contributed by atoms with Crippen LogP contribution in [0.15, 0.2) is 24.3 Å². The average molecular weight is 248 g/mol. The second-order valence-corrected chi connectivity index (χ2v) is 2.16. The summed E-state index contributed by atoms with van der Waals surface area (Å²) in [6.07, 6.45) is 0. The molecule has 0 aliphatic rings. The first kappa shape index (κ1) is 21.1. The van der Waals surface area contributed by atoms with Crippen LogP contribution in [-0.2, 0) is 0 Å². The molecule has 74 valence electrons. The Labute approximate surface area is 151 Å². The average Bonchev–Trinajstić information content (AvgIpc) is 2.04. The predicted molar refractivity (Wildman–Crippen MR) is 58.3 cm³/mol. The Balaban J connectivity index is -0.000000480. The first-order valence-corrected chi connectivity index (χ1v) is 3.18. The SMILES string of the molecule is O.O=C(O)c1ccccc1C(=O)O.[KH].[NaH]. The summed E-state index contributed by atoms with van der Waals surface area (Å²) in [5.41, 5.74) is -0.380. The molecule has 0 spiro atoms. The number of hydrogen-bond acceptors (Lipinski definition) is 2. The van der Waals surface area contributed by atoms with Crippen molar-refractivity contribution in [2.75, 3.05) is 0 Å². The first-order valence-electron chi connectivity index (χ1n) is 3.18. The molecule has 0 atom stereocenters. The van der Waals surface area contributed by atoms with E-state index in [1.807, 2.05) is 0 Å². The summed E-state index contributed by atoms with van der Waals surface area (Å²) >= 11 is 0. The quantitative estimate of drug-likeness (QED) is 0.652. The Bertz CT molecular complexity index is 309. The maximum atomic E-state index is 10.5. The zero-order valence-corrected chi connectivity index (χ0v) is 6.52. The number of hydrogen-bond donors (Lipinski definition) is 2. The van der Waals surface area contributed by atoms with E-state index in [2.05, 4.69) is 0 Å². The number of aromatic carboxylic acids is 2. The van der Waals surface area contributed by atoms with Crippen LogP contribution in [0.4, 0.5) is 0 Å². The van der Waals surface area contributed by atoms with Crippen molar-refractivity contribution in [2.45, 2.75) is 0 Å². The van der Waals surface area contributed by atoms with Gasteiger partial charge < -0.3 is 15.7 Å². The summed E-state index contributed by atoms with van der Waals surface area (Å²) in [5.74, 6) is -2.46. The van der Waals surface area contributed by atoms with Crippen LogP contribution in [0.25, 0.3) is 0 Å². The Morgan fingerprint density at radius 3 is 1.40 bits per heavy atom. The minimum absolute atomic E-state index is 0. The van der Waals surface area contributed by atoms with Gasteiger partial charge in [-0.25, -0.2) is 9.59 Å². The number of carbonyl (C=O) groups is 2. The summed E-state index contributed by atoms with van der Waals surface area (Å²) in [4.78, 5) is 20.9. The van der Waals surface area contributed by atoms with Gasteiger partial charge >= 0.3 is 92.9 Å². The van der Waals surface area contributed by atoms with Crippen LogP contribution in [0.3, 0.4) is 0 Å². The Kier molecular flexibility index (Phi) is 14.0. The van der Waals surface area contributed by atoms with Crippen molar-refractivity contribution in [1.82, 2.24) is 0 Å². The van der Waals surface area contributed by atoms with Gasteiger partial charge in [0.2, 0.25) is 0 Å². The van der Waals surface area contributed by atoms with Gasteiger partial charge in [0.1, 0.15) is 0 Å². The van der Waals surface area contributed by atoms with Crippen LogP contribution in [0.2, 0.25) is 0 Å². The van der Waals surface area contributed by atoms with Crippen LogP contribution < -0.4 is 0 Å². The van der Waals surface area contributed by atoms with E-state index in [4.69, 9.17) is 10.2 Å². The topological polar surface area (TPSA) is 106 Å². The fourth-order valence-corrected chi connectivity index (χ4v) is 0.856. The van der Waals surface area contributed by atoms with E-state index < -0.39 is 11.9 Å². The summed E-state index contributed by atoms with van der Waals surface area (Å²) in [6.45, 7) is 0. The van der Waals surface area contributed by atoms with Crippen LogP contribution in [0.5, 0.6) is 0 Å². The molecule has 0 saturated heterocycles. The van der Waals surface area contributed by atoms with Crippen LogP contribution in [0.1, 0.15) is 20.7 Å². The van der Waals surface area contributed by atoms with Gasteiger partial charge in [-0.15, -0.1) is 0 Å². The van der Waals surface area contributed by atoms with Gasteiger partial charge in [0.05, 0.1) is 11.1 Å². The molecule has 0 amide bonds. The van der Waals surface area contributed by atoms with Crippen LogP contribution in [0, 0.1) is 0 Å². The molecule has 1 rings (SSSR count). The van der Waals surface area contributed by atoms with Crippen molar-refractivity contribution in [3.63, 3.8) is 0 Å². The molecule has 1 aromatic rings. The van der Waals surface area contributed by atoms with Crippen molar-refractivity contribution >= 4 is 92.9 Å². The first-order chi connectivity index (χ1) is 5.63. The Morgan fingerprint density at radius 2 is 1.20 bits per heavy atom. The number of rotatable bonds is 2. The molecule has 0 fully saturated rings. The maximum absolute atomic E-state index is 10.5. The van der Waals surface area contributed by atoms with Crippen LogP contribution in [-0.4, -0.2) is 109 Å². The molecule has 5 nitrogen and oxygen atoms in total. The van der Waals surface area contributed by atoms with Gasteiger partial charge in [-0.3, -0.25) is 0 Å². The second kappa shape index (κ2) is 9.95. The standard InChI is InChI=1S/C8H6O4.K.Na.H2O.2H/c9-7(10)5-3-1-2-4-6(5)8(11)12;;;;;/h1-4H,(H,9,10)(H,11,12);;;1H2;;. The fraction of sp³-hybridized carbons (Fsp3) is 0. The minimum atomic E-state index is -1.23. The Morgan fingerprint density at radius 1 is 0.933 bits per heavy atom. The molecular weight excluding hydrogens is 238 g/mol. The molecule has 0 aromatic heterocycles. The molecule has 1 aromatic carbocycles. The van der Waals surface area contributed by atoms with Gasteiger partial charge in [0, 0.05) is 0 Å². The summed E-state index contributed by atoms with van der Waals surface area (Å²) in [5, 5.41) is 17.1. The van der Waals surface area contributed by atoms with Gasteiger partial charge in [0.15, 0.2) is 0 Å². The van der Waals surface area contributed by atoms with Gasteiger partial charge in [-0.2, -0.15) is 0 Å². The van der Waals surface area contributed by atoms with E-state index >= 15 is 0 Å². The summed E-state index contributed by atoms with van der Waals surface area (Å²) < 4.78 is 0. The van der Waals surface area contributed by atoms with Crippen molar-refractivity contribution in [3.05, 3.63) is 35.4 Å². The van der Waals surface area contributed by atoms with Crippen molar-refractivity contribution in [1.29, 1.82) is 0 Å². The van der Waals surface area contributed by atoms with Gasteiger partial charge in [-0.1, -0.05) is 12.1 Å². The van der Waals surface area contributed by atoms with Gasteiger partial charge in [-0.05, 0) is 12.1 Å². The third kappa shape index (κ3) is 6.15. The van der Waals surface area contributed by atoms with E-state index in [0.717, 1.165) is 0 Å². The molecule has 0 aliphatic heterocycles. The number of benzene rings is 1. The summed E-state index contributed by atoms with van der Waals surface area (Å²) in [6, 6.07) is 5.48. The van der Waals surface area contributed by atoms with Crippen molar-refractivity contribution in [2.24, 2.45) is 0 Å². The molecule has 0 saturated carbocycles. The zero-order valence-electron chi connectivity index (χ0n) is 6.52. The molecule has 15 heavy (non-hydrogen) atoms. The second-order valence-electron chi connectivity index (χ2n) is 2.16. The molecule has 7 heteroatoms. The van der Waals surface area contributed by atoms with Crippen molar-refractivity contribution in [3.8, 4) is 0 Å². The monoisotopic (exact) mass is 248 g/mol. The van der Waals surface area contributed by atoms with E-state index in [-0.39, 0.29) is 97.5 Å². The number of carboxylic acids is 2. The normalized spacial score (nSPS) is 7.47. The molecule has 0 heterocycles. The molecular formula is C8H10KNaO5. The molecule has 4 N–H and O–H groups in total. The third-order valence-electron chi connectivity index (χ3n) is 1.39. The van der Waals surface area contributed by atoms with Gasteiger partial charge in [0.25, 0.3) is 0 Å². The summed E-state index contributed by atoms with van der Waals surface area (Å²) in [7, 11) is 0. The van der Waals surface area contributed by atoms with E-state index in [9.17, 15) is 9.59 Å². The zero-order chi connectivity index (χ0) is 9.14. The Hall–Kier alpha value is 0.756. The van der Waals surface area contributed by atoms with Crippen molar-refractivity contribution < 1.29 is 25.3 Å². The van der Waals surface area contributed by atoms with E-state index in [1.54, 1.807) is 0 Å². The predicted octanol–water partition coefficient (Wildman–Crippen LogP) is -1.04.